The van der Waals surface area contributed by atoms with Gasteiger partial charge >= 0.3 is 0 Å². The van der Waals surface area contributed by atoms with Crippen LogP contribution in [-0.4, -0.2) is 22.1 Å². The Kier molecular flexibility index (Phi) is 4.25. The lowest BCUT2D eigenvalue weighted by Gasteiger charge is -2.07. The van der Waals surface area contributed by atoms with E-state index in [9.17, 15) is 0 Å². The van der Waals surface area contributed by atoms with Crippen LogP contribution in [0, 0.1) is 3.57 Å². The van der Waals surface area contributed by atoms with Crippen LogP contribution in [0.15, 0.2) is 24.5 Å². The molecule has 0 saturated heterocycles. The summed E-state index contributed by atoms with van der Waals surface area (Å²) in [6.45, 7) is 0.410. The molecule has 4 nitrogen and oxygen atoms in total. The Labute approximate surface area is 118 Å². The summed E-state index contributed by atoms with van der Waals surface area (Å²) in [5.74, 6) is 0.565. The van der Waals surface area contributed by atoms with Gasteiger partial charge in [-0.3, -0.25) is 4.98 Å². The van der Waals surface area contributed by atoms with Gasteiger partial charge in [0.2, 0.25) is 0 Å². The Balaban J connectivity index is 2.49. The summed E-state index contributed by atoms with van der Waals surface area (Å²) in [4.78, 5) is 12.7. The Morgan fingerprint density at radius 3 is 2.88 bits per heavy atom. The second-order valence-electron chi connectivity index (χ2n) is 3.27. The molecule has 0 aliphatic rings. The van der Waals surface area contributed by atoms with Crippen LogP contribution in [0.3, 0.4) is 0 Å². The lowest BCUT2D eigenvalue weighted by Crippen LogP contribution is -2.02. The lowest BCUT2D eigenvalue weighted by atomic mass is 10.2. The molecule has 0 atom stereocenters. The van der Waals surface area contributed by atoms with Crippen molar-refractivity contribution in [2.75, 3.05) is 7.11 Å². The second-order valence-corrected chi connectivity index (χ2v) is 4.71. The molecule has 2 heterocycles. The number of hydrogen-bond donors (Lipinski definition) is 0. The van der Waals surface area contributed by atoms with E-state index in [1.165, 1.54) is 0 Å². The fourth-order valence-electron chi connectivity index (χ4n) is 1.32. The van der Waals surface area contributed by atoms with E-state index in [-0.39, 0.29) is 0 Å². The number of pyridine rings is 1. The van der Waals surface area contributed by atoms with Gasteiger partial charge in [-0.25, -0.2) is 9.97 Å². The second kappa shape index (κ2) is 5.70. The summed E-state index contributed by atoms with van der Waals surface area (Å²) in [5, 5.41) is 0.437. The normalized spacial score (nSPS) is 10.5. The van der Waals surface area contributed by atoms with Crippen molar-refractivity contribution in [1.29, 1.82) is 0 Å². The molecule has 0 saturated carbocycles. The molecule has 0 aromatic carbocycles. The van der Waals surface area contributed by atoms with Gasteiger partial charge in [0.1, 0.15) is 5.15 Å². The van der Waals surface area contributed by atoms with E-state index in [4.69, 9.17) is 16.3 Å². The molecule has 17 heavy (non-hydrogen) atoms. The van der Waals surface area contributed by atoms with Gasteiger partial charge in [-0.2, -0.15) is 0 Å². The van der Waals surface area contributed by atoms with E-state index in [1.807, 2.05) is 12.1 Å². The molecule has 0 amide bonds. The maximum atomic E-state index is 6.07. The Hall–Kier alpha value is -0.790. The van der Waals surface area contributed by atoms with Gasteiger partial charge in [-0.15, -0.1) is 0 Å². The van der Waals surface area contributed by atoms with Crippen molar-refractivity contribution in [3.63, 3.8) is 0 Å². The van der Waals surface area contributed by atoms with E-state index < -0.39 is 0 Å². The zero-order valence-corrected chi connectivity index (χ0v) is 11.9. The van der Waals surface area contributed by atoms with Crippen molar-refractivity contribution in [3.8, 4) is 11.4 Å². The van der Waals surface area contributed by atoms with Crippen LogP contribution in [-0.2, 0) is 11.3 Å². The molecule has 88 valence electrons. The number of ether oxygens (including phenoxy) is 1. The Bertz CT molecular complexity index is 522. The largest absolute Gasteiger partial charge is 0.378 e. The smallest absolute Gasteiger partial charge is 0.162 e. The van der Waals surface area contributed by atoms with E-state index in [0.717, 1.165) is 14.8 Å². The maximum Gasteiger partial charge on any atom is 0.162 e. The number of hydrogen-bond acceptors (Lipinski definition) is 4. The monoisotopic (exact) mass is 361 g/mol. The van der Waals surface area contributed by atoms with Crippen LogP contribution in [0.5, 0.6) is 0 Å². The third-order valence-electron chi connectivity index (χ3n) is 2.08. The first-order valence-corrected chi connectivity index (χ1v) is 6.29. The van der Waals surface area contributed by atoms with Crippen molar-refractivity contribution in [3.05, 3.63) is 38.9 Å². The SMILES string of the molecule is COCc1nc(-c2cccnc2)nc(Cl)c1I. The van der Waals surface area contributed by atoms with Crippen LogP contribution >= 0.6 is 34.2 Å². The highest BCUT2D eigenvalue weighted by Gasteiger charge is 2.11. The molecule has 2 aromatic rings. The first kappa shape index (κ1) is 12.7. The highest BCUT2D eigenvalue weighted by Crippen LogP contribution is 2.23. The zero-order chi connectivity index (χ0) is 12.3. The molecular formula is C11H9ClIN3O. The zero-order valence-electron chi connectivity index (χ0n) is 9.02. The summed E-state index contributed by atoms with van der Waals surface area (Å²) in [7, 11) is 1.62. The van der Waals surface area contributed by atoms with Crippen molar-refractivity contribution in [2.24, 2.45) is 0 Å². The van der Waals surface area contributed by atoms with Crippen LogP contribution in [0.2, 0.25) is 5.15 Å². The maximum absolute atomic E-state index is 6.07. The first-order valence-electron chi connectivity index (χ1n) is 4.83. The predicted molar refractivity (Wildman–Crippen MR) is 73.7 cm³/mol. The molecular weight excluding hydrogens is 352 g/mol. The molecule has 2 rings (SSSR count). The van der Waals surface area contributed by atoms with Crippen LogP contribution in [0.25, 0.3) is 11.4 Å². The summed E-state index contributed by atoms with van der Waals surface area (Å²) in [6.07, 6.45) is 3.41. The van der Waals surface area contributed by atoms with Gasteiger partial charge in [0.25, 0.3) is 0 Å². The highest BCUT2D eigenvalue weighted by molar-refractivity contribution is 14.1. The van der Waals surface area contributed by atoms with E-state index in [0.29, 0.717) is 17.6 Å². The molecule has 0 aliphatic heterocycles. The van der Waals surface area contributed by atoms with E-state index >= 15 is 0 Å². The quantitative estimate of drug-likeness (QED) is 0.623. The highest BCUT2D eigenvalue weighted by atomic mass is 127. The summed E-state index contributed by atoms with van der Waals surface area (Å²) >= 11 is 8.18. The molecule has 0 aliphatic carbocycles. The average molecular weight is 362 g/mol. The molecule has 0 bridgehead atoms. The lowest BCUT2D eigenvalue weighted by molar-refractivity contribution is 0.181. The summed E-state index contributed by atoms with van der Waals surface area (Å²) in [5.41, 5.74) is 1.62. The minimum atomic E-state index is 0.410. The average Bonchev–Trinajstić information content (AvgIpc) is 2.36. The van der Waals surface area contributed by atoms with Gasteiger partial charge < -0.3 is 4.74 Å². The number of rotatable bonds is 3. The third kappa shape index (κ3) is 2.91. The molecule has 0 radical (unpaired) electrons. The number of halogens is 2. The van der Waals surface area contributed by atoms with Gasteiger partial charge in [-0.1, -0.05) is 11.6 Å². The van der Waals surface area contributed by atoms with E-state index in [2.05, 4.69) is 37.5 Å². The van der Waals surface area contributed by atoms with Crippen molar-refractivity contribution in [2.45, 2.75) is 6.61 Å². The number of aromatic nitrogens is 3. The van der Waals surface area contributed by atoms with Crippen LogP contribution in [0.4, 0.5) is 0 Å². The summed E-state index contributed by atoms with van der Waals surface area (Å²) in [6, 6.07) is 3.72. The Morgan fingerprint density at radius 2 is 2.24 bits per heavy atom. The van der Waals surface area contributed by atoms with E-state index in [1.54, 1.807) is 19.5 Å². The topological polar surface area (TPSA) is 47.9 Å². The van der Waals surface area contributed by atoms with Crippen molar-refractivity contribution < 1.29 is 4.74 Å². The van der Waals surface area contributed by atoms with Gasteiger partial charge in [0.05, 0.1) is 15.9 Å². The molecule has 0 spiro atoms. The standard InChI is InChI=1S/C11H9ClIN3O/c1-17-6-8-9(13)10(12)16-11(15-8)7-3-2-4-14-5-7/h2-5H,6H2,1H3. The molecule has 0 unspecified atom stereocenters. The Morgan fingerprint density at radius 1 is 1.41 bits per heavy atom. The molecule has 2 aromatic heterocycles. The fourth-order valence-corrected chi connectivity index (χ4v) is 1.91. The first-order chi connectivity index (χ1) is 8.22. The fraction of sp³-hybridized carbons (Fsp3) is 0.182. The van der Waals surface area contributed by atoms with Gasteiger partial charge in [0.15, 0.2) is 5.82 Å². The summed E-state index contributed by atoms with van der Waals surface area (Å²) < 4.78 is 5.90. The van der Waals surface area contributed by atoms with Crippen LogP contribution < -0.4 is 0 Å². The minimum Gasteiger partial charge on any atom is -0.378 e. The predicted octanol–water partition coefficient (Wildman–Crippen LogP) is 2.94. The molecule has 0 N–H and O–H groups in total. The van der Waals surface area contributed by atoms with Gasteiger partial charge in [0, 0.05) is 25.1 Å². The molecule has 6 heteroatoms. The third-order valence-corrected chi connectivity index (χ3v) is 3.81. The van der Waals surface area contributed by atoms with Crippen molar-refractivity contribution in [1.82, 2.24) is 15.0 Å². The number of nitrogens with zero attached hydrogens (tertiary/aromatic N) is 3. The van der Waals surface area contributed by atoms with Crippen LogP contribution in [0.1, 0.15) is 5.69 Å². The molecule has 0 fully saturated rings. The minimum absolute atomic E-state index is 0.410. The van der Waals surface area contributed by atoms with Crippen molar-refractivity contribution >= 4 is 34.2 Å². The van der Waals surface area contributed by atoms with Gasteiger partial charge in [-0.05, 0) is 34.7 Å². The number of methoxy groups -OCH3 is 1.